The number of nitrogens with zero attached hydrogens (tertiary/aromatic N) is 2. The van der Waals surface area contributed by atoms with Crippen LogP contribution in [0.1, 0.15) is 13.8 Å². The Morgan fingerprint density at radius 2 is 1.96 bits per heavy atom. The maximum absolute atomic E-state index is 12.0. The summed E-state index contributed by atoms with van der Waals surface area (Å²) < 4.78 is 5.03. The molecule has 1 aromatic heterocycles. The number of aromatic nitrogens is 1. The minimum absolute atomic E-state index is 0.0608. The van der Waals surface area contributed by atoms with Gasteiger partial charge < -0.3 is 10.1 Å². The van der Waals surface area contributed by atoms with Crippen molar-refractivity contribution >= 4 is 39.1 Å². The normalized spacial score (nSPS) is 12.1. The third-order valence-corrected chi connectivity index (χ3v) is 3.88. The van der Waals surface area contributed by atoms with E-state index in [-0.39, 0.29) is 12.3 Å². The summed E-state index contributed by atoms with van der Waals surface area (Å²) in [6, 6.07) is 11.4. The molecule has 128 valence electrons. The second-order valence-corrected chi connectivity index (χ2v) is 5.55. The summed E-state index contributed by atoms with van der Waals surface area (Å²) in [5.41, 5.74) is 1.63. The lowest BCUT2D eigenvalue weighted by Gasteiger charge is -2.17. The van der Waals surface area contributed by atoms with Crippen molar-refractivity contribution in [2.75, 3.05) is 11.9 Å². The fourth-order valence-corrected chi connectivity index (χ4v) is 2.77. The Morgan fingerprint density at radius 1 is 1.24 bits per heavy atom. The minimum atomic E-state index is -0.659. The molecule has 0 aliphatic heterocycles. The zero-order valence-electron chi connectivity index (χ0n) is 13.9. The Kier molecular flexibility index (Phi) is 4.47. The average molecular weight is 339 g/mol. The van der Waals surface area contributed by atoms with Crippen LogP contribution in [0, 0.1) is 10.1 Å². The van der Waals surface area contributed by atoms with Gasteiger partial charge in [-0.3, -0.25) is 10.1 Å². The number of benzene rings is 2. The summed E-state index contributed by atoms with van der Waals surface area (Å²) in [6.07, 6.45) is 0. The molecule has 2 aromatic carbocycles. The molecule has 0 aliphatic carbocycles. The molecule has 0 spiro atoms. The number of nitro groups is 1. The van der Waals surface area contributed by atoms with Gasteiger partial charge in [0, 0.05) is 11.5 Å². The summed E-state index contributed by atoms with van der Waals surface area (Å²) in [5, 5.41) is 15.7. The number of fused-ring (bicyclic) bond motifs is 2. The molecule has 25 heavy (non-hydrogen) atoms. The minimum Gasteiger partial charge on any atom is -0.464 e. The number of ether oxygens (including phenoxy) is 1. The van der Waals surface area contributed by atoms with Gasteiger partial charge in [0.25, 0.3) is 5.69 Å². The highest BCUT2D eigenvalue weighted by atomic mass is 16.6. The van der Waals surface area contributed by atoms with Crippen LogP contribution in [-0.2, 0) is 9.53 Å². The fourth-order valence-electron chi connectivity index (χ4n) is 2.77. The zero-order valence-corrected chi connectivity index (χ0v) is 13.9. The number of nitrogens with one attached hydrogen (secondary N) is 1. The highest BCUT2D eigenvalue weighted by Crippen LogP contribution is 2.36. The molecule has 0 radical (unpaired) electrons. The van der Waals surface area contributed by atoms with E-state index in [1.807, 2.05) is 24.3 Å². The number of carbonyl (C=O) groups excluding carboxylic acids is 1. The molecular formula is C18H17N3O4. The van der Waals surface area contributed by atoms with Crippen molar-refractivity contribution in [3.05, 3.63) is 52.6 Å². The second kappa shape index (κ2) is 6.72. The van der Waals surface area contributed by atoms with Gasteiger partial charge in [0.15, 0.2) is 0 Å². The van der Waals surface area contributed by atoms with Gasteiger partial charge in [0.2, 0.25) is 0 Å². The van der Waals surface area contributed by atoms with E-state index in [1.54, 1.807) is 26.0 Å². The molecule has 3 aromatic rings. The Morgan fingerprint density at radius 3 is 2.68 bits per heavy atom. The Balaban J connectivity index is 2.27. The van der Waals surface area contributed by atoms with Gasteiger partial charge in [-0.2, -0.15) is 0 Å². The van der Waals surface area contributed by atoms with Gasteiger partial charge in [0.1, 0.15) is 11.4 Å². The van der Waals surface area contributed by atoms with Crippen molar-refractivity contribution in [3.8, 4) is 0 Å². The first-order valence-corrected chi connectivity index (χ1v) is 7.92. The van der Waals surface area contributed by atoms with Gasteiger partial charge in [0.05, 0.1) is 28.3 Å². The summed E-state index contributed by atoms with van der Waals surface area (Å²) in [6.45, 7) is 3.66. The molecule has 0 aliphatic rings. The number of non-ortho nitro benzene ring substituents is 1. The number of pyridine rings is 1. The number of rotatable bonds is 5. The van der Waals surface area contributed by atoms with Crippen molar-refractivity contribution in [2.24, 2.45) is 0 Å². The average Bonchev–Trinajstić information content (AvgIpc) is 2.60. The van der Waals surface area contributed by atoms with E-state index in [2.05, 4.69) is 10.3 Å². The molecule has 0 saturated heterocycles. The van der Waals surface area contributed by atoms with E-state index in [0.717, 1.165) is 0 Å². The van der Waals surface area contributed by atoms with Gasteiger partial charge in [-0.15, -0.1) is 0 Å². The Bertz CT molecular complexity index is 971. The maximum atomic E-state index is 12.0. The molecule has 3 rings (SSSR count). The van der Waals surface area contributed by atoms with Crippen molar-refractivity contribution in [1.82, 2.24) is 4.98 Å². The van der Waals surface area contributed by atoms with E-state index in [1.165, 1.54) is 6.07 Å². The van der Waals surface area contributed by atoms with Crippen LogP contribution in [0.3, 0.4) is 0 Å². The molecule has 7 nitrogen and oxygen atoms in total. The lowest BCUT2D eigenvalue weighted by atomic mass is 10.1. The zero-order chi connectivity index (χ0) is 18.0. The van der Waals surface area contributed by atoms with Crippen molar-refractivity contribution in [3.63, 3.8) is 0 Å². The lowest BCUT2D eigenvalue weighted by Crippen LogP contribution is -2.28. The first kappa shape index (κ1) is 16.6. The summed E-state index contributed by atoms with van der Waals surface area (Å²) in [5.74, 6) is -0.421. The van der Waals surface area contributed by atoms with E-state index in [4.69, 9.17) is 4.74 Å². The number of esters is 1. The van der Waals surface area contributed by atoms with Crippen molar-refractivity contribution in [1.29, 1.82) is 0 Å². The molecule has 0 saturated carbocycles. The summed E-state index contributed by atoms with van der Waals surface area (Å²) >= 11 is 0. The van der Waals surface area contributed by atoms with E-state index >= 15 is 0 Å². The highest BCUT2D eigenvalue weighted by Gasteiger charge is 2.22. The quantitative estimate of drug-likeness (QED) is 0.330. The van der Waals surface area contributed by atoms with Gasteiger partial charge in [-0.1, -0.05) is 24.3 Å². The van der Waals surface area contributed by atoms with Crippen LogP contribution < -0.4 is 5.32 Å². The van der Waals surface area contributed by atoms with Gasteiger partial charge in [-0.05, 0) is 26.0 Å². The predicted octanol–water partition coefficient (Wildman–Crippen LogP) is 3.66. The van der Waals surface area contributed by atoms with E-state index in [9.17, 15) is 14.9 Å². The molecule has 1 atom stereocenters. The van der Waals surface area contributed by atoms with Crippen LogP contribution in [0.15, 0.2) is 42.5 Å². The number of anilines is 1. The second-order valence-electron chi connectivity index (χ2n) is 5.55. The lowest BCUT2D eigenvalue weighted by molar-refractivity contribution is -0.383. The SMILES string of the molecule is CCOC(=O)[C@H](C)Nc1c2ccccc2nc2cccc([N+](=O)[O-])c12. The van der Waals surface area contributed by atoms with E-state index < -0.39 is 16.9 Å². The number of carbonyl (C=O) groups is 1. The Labute approximate surface area is 143 Å². The molecule has 7 heteroatoms. The predicted molar refractivity (Wildman–Crippen MR) is 95.6 cm³/mol. The number of para-hydroxylation sites is 1. The highest BCUT2D eigenvalue weighted by molar-refractivity contribution is 6.11. The molecule has 1 N–H and O–H groups in total. The monoisotopic (exact) mass is 339 g/mol. The van der Waals surface area contributed by atoms with Crippen LogP contribution in [-0.4, -0.2) is 28.5 Å². The van der Waals surface area contributed by atoms with Crippen molar-refractivity contribution < 1.29 is 14.5 Å². The smallest absolute Gasteiger partial charge is 0.328 e. The number of hydrogen-bond donors (Lipinski definition) is 1. The third-order valence-electron chi connectivity index (χ3n) is 3.88. The molecule has 1 heterocycles. The standard InChI is InChI=1S/C18H17N3O4/c1-3-25-18(22)11(2)19-17-12-7-4-5-8-13(12)20-14-9-6-10-15(16(14)17)21(23)24/h4-11H,3H2,1-2H3,(H,19,20)/t11-/m0/s1. The first-order chi connectivity index (χ1) is 12.0. The first-order valence-electron chi connectivity index (χ1n) is 7.92. The third kappa shape index (κ3) is 3.08. The van der Waals surface area contributed by atoms with E-state index in [0.29, 0.717) is 27.5 Å². The van der Waals surface area contributed by atoms with Crippen LogP contribution in [0.25, 0.3) is 21.8 Å². The Hall–Kier alpha value is -3.22. The molecule has 0 unspecified atom stereocenters. The molecule has 0 bridgehead atoms. The largest absolute Gasteiger partial charge is 0.464 e. The van der Waals surface area contributed by atoms with Crippen LogP contribution in [0.2, 0.25) is 0 Å². The maximum Gasteiger partial charge on any atom is 0.328 e. The van der Waals surface area contributed by atoms with Crippen LogP contribution in [0.4, 0.5) is 11.4 Å². The molecule has 0 amide bonds. The molecule has 0 fully saturated rings. The number of hydrogen-bond acceptors (Lipinski definition) is 6. The topological polar surface area (TPSA) is 94.4 Å². The fraction of sp³-hybridized carbons (Fsp3) is 0.222. The van der Waals surface area contributed by atoms with Crippen LogP contribution >= 0.6 is 0 Å². The van der Waals surface area contributed by atoms with Crippen LogP contribution in [0.5, 0.6) is 0 Å². The van der Waals surface area contributed by atoms with Crippen molar-refractivity contribution in [2.45, 2.75) is 19.9 Å². The van der Waals surface area contributed by atoms with Gasteiger partial charge in [-0.25, -0.2) is 9.78 Å². The summed E-state index contributed by atoms with van der Waals surface area (Å²) in [4.78, 5) is 27.6. The summed E-state index contributed by atoms with van der Waals surface area (Å²) in [7, 11) is 0. The number of nitro benzene ring substituents is 1. The molecular weight excluding hydrogens is 322 g/mol. The van der Waals surface area contributed by atoms with Gasteiger partial charge >= 0.3 is 5.97 Å².